The average Bonchev–Trinajstić information content (AvgIpc) is 3.45. The second-order valence-electron chi connectivity index (χ2n) is 10.0. The van der Waals surface area contributed by atoms with Crippen molar-refractivity contribution in [3.05, 3.63) is 139 Å². The largest absolute Gasteiger partial charge is 0.293 e. The van der Waals surface area contributed by atoms with E-state index in [0.29, 0.717) is 5.69 Å². The Kier molecular flexibility index (Phi) is 5.13. The molecular formula is C36H21N5. The molecule has 0 atom stereocenters. The van der Waals surface area contributed by atoms with Crippen LogP contribution < -0.4 is 0 Å². The first kappa shape index (κ1) is 23.1. The summed E-state index contributed by atoms with van der Waals surface area (Å²) in [6.07, 6.45) is 0. The Morgan fingerprint density at radius 1 is 0.488 bits per heavy atom. The van der Waals surface area contributed by atoms with Crippen LogP contribution in [0.1, 0.15) is 0 Å². The summed E-state index contributed by atoms with van der Waals surface area (Å²) in [7, 11) is 0. The summed E-state index contributed by atoms with van der Waals surface area (Å²) < 4.78 is 2.17. The third-order valence-corrected chi connectivity index (χ3v) is 7.59. The van der Waals surface area contributed by atoms with Crippen LogP contribution in [-0.4, -0.2) is 19.4 Å². The smallest absolute Gasteiger partial charge is 0.189 e. The number of hydrogen-bond donors (Lipinski definition) is 0. The van der Waals surface area contributed by atoms with E-state index < -0.39 is 0 Å². The monoisotopic (exact) mass is 523 g/mol. The first-order chi connectivity index (χ1) is 20.3. The highest BCUT2D eigenvalue weighted by atomic mass is 15.0. The fourth-order valence-electron chi connectivity index (χ4n) is 5.66. The quantitative estimate of drug-likeness (QED) is 0.171. The lowest BCUT2D eigenvalue weighted by atomic mass is 10.0. The van der Waals surface area contributed by atoms with Gasteiger partial charge in [0.15, 0.2) is 5.69 Å². The minimum Gasteiger partial charge on any atom is -0.293 e. The maximum atomic E-state index is 7.60. The standard InChI is InChI=1S/C36H21N5/c1-37-25-18-20-26-28-21-24(17-19-27(28)36-40-33-11-5-6-16-34(33)41(36)35(26)22-25)30-13-8-15-32(39-30)31-14-7-12-29(38-31)23-9-3-2-4-10-23/h2-22H. The molecule has 4 heterocycles. The van der Waals surface area contributed by atoms with Crippen LogP contribution in [0.3, 0.4) is 0 Å². The molecule has 5 heteroatoms. The van der Waals surface area contributed by atoms with E-state index in [-0.39, 0.29) is 0 Å². The van der Waals surface area contributed by atoms with E-state index >= 15 is 0 Å². The van der Waals surface area contributed by atoms with Crippen molar-refractivity contribution in [3.8, 4) is 33.9 Å². The van der Waals surface area contributed by atoms with E-state index in [4.69, 9.17) is 21.5 Å². The third-order valence-electron chi connectivity index (χ3n) is 7.59. The van der Waals surface area contributed by atoms with Gasteiger partial charge in [-0.2, -0.15) is 0 Å². The van der Waals surface area contributed by atoms with E-state index in [1.807, 2.05) is 91.0 Å². The van der Waals surface area contributed by atoms with Crippen LogP contribution in [0.4, 0.5) is 5.69 Å². The van der Waals surface area contributed by atoms with Gasteiger partial charge >= 0.3 is 0 Å². The molecule has 0 saturated heterocycles. The molecule has 8 rings (SSSR count). The fraction of sp³-hybridized carbons (Fsp3) is 0. The van der Waals surface area contributed by atoms with Crippen LogP contribution in [0.15, 0.2) is 127 Å². The molecule has 4 aromatic carbocycles. The third kappa shape index (κ3) is 3.74. The number of hydrogen-bond acceptors (Lipinski definition) is 3. The number of imidazole rings is 1. The molecule has 0 amide bonds. The molecule has 0 aliphatic carbocycles. The molecule has 0 bridgehead atoms. The summed E-state index contributed by atoms with van der Waals surface area (Å²) in [5.74, 6) is 0. The Bertz CT molecular complexity index is 2330. The van der Waals surface area contributed by atoms with Gasteiger partial charge < -0.3 is 0 Å². The summed E-state index contributed by atoms with van der Waals surface area (Å²) in [6.45, 7) is 7.60. The van der Waals surface area contributed by atoms with Crippen molar-refractivity contribution in [1.29, 1.82) is 0 Å². The predicted molar refractivity (Wildman–Crippen MR) is 166 cm³/mol. The van der Waals surface area contributed by atoms with E-state index in [1.165, 1.54) is 0 Å². The molecule has 0 N–H and O–H groups in total. The van der Waals surface area contributed by atoms with Crippen molar-refractivity contribution in [2.45, 2.75) is 0 Å². The maximum absolute atomic E-state index is 7.60. The molecule has 8 aromatic rings. The summed E-state index contributed by atoms with van der Waals surface area (Å²) in [5, 5.41) is 3.20. The van der Waals surface area contributed by atoms with Crippen LogP contribution in [0.5, 0.6) is 0 Å². The van der Waals surface area contributed by atoms with Gasteiger partial charge in [-0.3, -0.25) is 4.40 Å². The summed E-state index contributed by atoms with van der Waals surface area (Å²) in [4.78, 5) is 18.6. The van der Waals surface area contributed by atoms with Gasteiger partial charge in [0.05, 0.1) is 40.4 Å². The summed E-state index contributed by atoms with van der Waals surface area (Å²) in [5.41, 5.74) is 9.93. The SMILES string of the molecule is [C-]#[N+]c1ccc2c3cc(-c4cccc(-c5cccc(-c6ccccc6)n5)n4)ccc3c3nc4ccccc4n3c2c1. The Balaban J connectivity index is 1.32. The molecule has 190 valence electrons. The molecule has 5 nitrogen and oxygen atoms in total. The molecule has 0 spiro atoms. The van der Waals surface area contributed by atoms with Gasteiger partial charge in [0.1, 0.15) is 5.65 Å². The normalized spacial score (nSPS) is 11.4. The lowest BCUT2D eigenvalue weighted by Gasteiger charge is -2.12. The highest BCUT2D eigenvalue weighted by Crippen LogP contribution is 2.36. The van der Waals surface area contributed by atoms with Crippen LogP contribution in [-0.2, 0) is 0 Å². The minimum absolute atomic E-state index is 0.603. The van der Waals surface area contributed by atoms with Gasteiger partial charge in [0.25, 0.3) is 0 Å². The lowest BCUT2D eigenvalue weighted by molar-refractivity contribution is 1.25. The van der Waals surface area contributed by atoms with Crippen LogP contribution >= 0.6 is 0 Å². The van der Waals surface area contributed by atoms with Crippen molar-refractivity contribution in [1.82, 2.24) is 19.4 Å². The first-order valence-electron chi connectivity index (χ1n) is 13.4. The first-order valence-corrected chi connectivity index (χ1v) is 13.4. The van der Waals surface area contributed by atoms with Crippen molar-refractivity contribution in [2.75, 3.05) is 0 Å². The molecule has 0 aliphatic rings. The topological polar surface area (TPSA) is 47.4 Å². The summed E-state index contributed by atoms with van der Waals surface area (Å²) in [6, 6.07) is 42.8. The highest BCUT2D eigenvalue weighted by molar-refractivity contribution is 6.15. The molecule has 4 aromatic heterocycles. The number of pyridine rings is 3. The van der Waals surface area contributed by atoms with Crippen molar-refractivity contribution in [2.24, 2.45) is 0 Å². The predicted octanol–water partition coefficient (Wildman–Crippen LogP) is 9.14. The van der Waals surface area contributed by atoms with Gasteiger partial charge in [-0.1, -0.05) is 72.8 Å². The zero-order chi connectivity index (χ0) is 27.3. The van der Waals surface area contributed by atoms with Gasteiger partial charge in [0, 0.05) is 27.4 Å². The van der Waals surface area contributed by atoms with Gasteiger partial charge in [0.2, 0.25) is 0 Å². The van der Waals surface area contributed by atoms with E-state index in [1.54, 1.807) is 0 Å². The van der Waals surface area contributed by atoms with Crippen LogP contribution in [0.2, 0.25) is 0 Å². The van der Waals surface area contributed by atoms with Gasteiger partial charge in [-0.25, -0.2) is 19.8 Å². The molecule has 0 radical (unpaired) electrons. The molecule has 0 fully saturated rings. The van der Waals surface area contributed by atoms with Gasteiger partial charge in [-0.15, -0.1) is 0 Å². The maximum Gasteiger partial charge on any atom is 0.189 e. The second-order valence-corrected chi connectivity index (χ2v) is 10.0. The second kappa shape index (κ2) is 9.11. The van der Waals surface area contributed by atoms with Crippen molar-refractivity contribution >= 4 is 44.0 Å². The number of nitrogens with zero attached hydrogens (tertiary/aromatic N) is 5. The van der Waals surface area contributed by atoms with Crippen molar-refractivity contribution < 1.29 is 0 Å². The molecule has 0 aliphatic heterocycles. The average molecular weight is 524 g/mol. The lowest BCUT2D eigenvalue weighted by Crippen LogP contribution is -1.94. The Morgan fingerprint density at radius 2 is 1.17 bits per heavy atom. The Labute approximate surface area is 235 Å². The highest BCUT2D eigenvalue weighted by Gasteiger charge is 2.15. The van der Waals surface area contributed by atoms with Crippen LogP contribution in [0, 0.1) is 6.57 Å². The van der Waals surface area contributed by atoms with Crippen LogP contribution in [0.25, 0.3) is 77.1 Å². The number of rotatable bonds is 3. The van der Waals surface area contributed by atoms with Crippen molar-refractivity contribution in [3.63, 3.8) is 0 Å². The van der Waals surface area contributed by atoms with E-state index in [2.05, 4.69) is 45.6 Å². The number of benzene rings is 4. The molecule has 0 saturated carbocycles. The van der Waals surface area contributed by atoms with E-state index in [9.17, 15) is 0 Å². The fourth-order valence-corrected chi connectivity index (χ4v) is 5.66. The Hall–Kier alpha value is -5.86. The molecular weight excluding hydrogens is 502 g/mol. The summed E-state index contributed by atoms with van der Waals surface area (Å²) >= 11 is 0. The number of fused-ring (bicyclic) bond motifs is 8. The number of para-hydroxylation sites is 2. The zero-order valence-electron chi connectivity index (χ0n) is 21.9. The molecule has 0 unspecified atom stereocenters. The van der Waals surface area contributed by atoms with Gasteiger partial charge in [-0.05, 0) is 60.0 Å². The minimum atomic E-state index is 0.603. The zero-order valence-corrected chi connectivity index (χ0v) is 21.9. The Morgan fingerprint density at radius 3 is 1.95 bits per heavy atom. The molecule has 41 heavy (non-hydrogen) atoms. The van der Waals surface area contributed by atoms with E-state index in [0.717, 1.165) is 72.3 Å². The number of aromatic nitrogens is 4.